The Morgan fingerprint density at radius 3 is 2.58 bits per heavy atom. The van der Waals surface area contributed by atoms with E-state index in [-0.39, 0.29) is 34.1 Å². The van der Waals surface area contributed by atoms with E-state index in [2.05, 4.69) is 5.32 Å². The predicted octanol–water partition coefficient (Wildman–Crippen LogP) is 2.44. The molecule has 0 saturated heterocycles. The highest BCUT2D eigenvalue weighted by Crippen LogP contribution is 2.38. The van der Waals surface area contributed by atoms with E-state index >= 15 is 0 Å². The molecule has 1 aliphatic heterocycles. The lowest BCUT2D eigenvalue weighted by Gasteiger charge is -2.38. The minimum absolute atomic E-state index is 0.0738. The van der Waals surface area contributed by atoms with Gasteiger partial charge in [-0.2, -0.15) is 0 Å². The molecular weight excluding hydrogens is 410 g/mol. The molecule has 0 aromatic heterocycles. The largest absolute Gasteiger partial charge is 0.496 e. The summed E-state index contributed by atoms with van der Waals surface area (Å²) in [5.74, 6) is -2.02. The van der Waals surface area contributed by atoms with Gasteiger partial charge in [-0.25, -0.2) is 4.79 Å². The zero-order valence-electron chi connectivity index (χ0n) is 16.9. The van der Waals surface area contributed by atoms with E-state index < -0.39 is 34.9 Å². The Labute approximate surface area is 176 Å². The summed E-state index contributed by atoms with van der Waals surface area (Å²) in [5.41, 5.74) is -1.73. The first-order valence-electron chi connectivity index (χ1n) is 9.04. The highest BCUT2D eigenvalue weighted by Gasteiger charge is 2.42. The number of nitrogens with zero attached hydrogens (tertiary/aromatic N) is 2. The molecule has 0 atom stereocenters. The molecule has 0 spiro atoms. The third-order valence-corrected chi connectivity index (χ3v) is 4.60. The van der Waals surface area contributed by atoms with Crippen LogP contribution in [0.1, 0.15) is 24.2 Å². The van der Waals surface area contributed by atoms with Gasteiger partial charge >= 0.3 is 5.97 Å². The number of ether oxygens (including phenoxy) is 2. The number of hydrogen-bond donors (Lipinski definition) is 2. The number of carboxylic acids is 1. The number of rotatable bonds is 6. The number of carbonyl (C=O) groups excluding carboxylic acids is 2. The summed E-state index contributed by atoms with van der Waals surface area (Å²) in [6, 6.07) is 7.88. The van der Waals surface area contributed by atoms with Crippen molar-refractivity contribution in [3.63, 3.8) is 0 Å². The average Bonchev–Trinajstić information content (AvgIpc) is 2.70. The zero-order valence-corrected chi connectivity index (χ0v) is 16.9. The Bertz CT molecular complexity index is 1100. The zero-order chi connectivity index (χ0) is 22.9. The van der Waals surface area contributed by atoms with Gasteiger partial charge in [-0.15, -0.1) is 0 Å². The second kappa shape index (κ2) is 7.94. The molecule has 31 heavy (non-hydrogen) atoms. The second-order valence-corrected chi connectivity index (χ2v) is 7.18. The van der Waals surface area contributed by atoms with Crippen LogP contribution in [-0.2, 0) is 9.59 Å². The van der Waals surface area contributed by atoms with Crippen molar-refractivity contribution in [1.82, 2.24) is 0 Å². The van der Waals surface area contributed by atoms with E-state index in [1.165, 1.54) is 51.3 Å². The van der Waals surface area contributed by atoms with E-state index in [4.69, 9.17) is 9.47 Å². The molecule has 2 amide bonds. The van der Waals surface area contributed by atoms with Gasteiger partial charge in [0.1, 0.15) is 23.7 Å². The SMILES string of the molecule is COc1ccc(NC(=O)CN2C(=O)C(C)(C)Oc3ccc(C(=O)O)cc32)c([N+](=O)[O-])c1. The average molecular weight is 429 g/mol. The molecule has 0 aliphatic carbocycles. The third-order valence-electron chi connectivity index (χ3n) is 4.60. The van der Waals surface area contributed by atoms with Crippen LogP contribution in [0.2, 0.25) is 0 Å². The molecule has 2 N–H and O–H groups in total. The molecule has 1 heterocycles. The predicted molar refractivity (Wildman–Crippen MR) is 109 cm³/mol. The van der Waals surface area contributed by atoms with Crippen molar-refractivity contribution in [3.8, 4) is 11.5 Å². The normalized spacial score (nSPS) is 14.3. The summed E-state index contributed by atoms with van der Waals surface area (Å²) in [6.45, 7) is 2.52. The monoisotopic (exact) mass is 429 g/mol. The molecule has 3 rings (SSSR count). The molecule has 0 radical (unpaired) electrons. The first kappa shape index (κ1) is 21.6. The smallest absolute Gasteiger partial charge is 0.335 e. The summed E-state index contributed by atoms with van der Waals surface area (Å²) in [6.07, 6.45) is 0. The Morgan fingerprint density at radius 2 is 1.97 bits per heavy atom. The van der Waals surface area contributed by atoms with E-state index in [9.17, 15) is 29.6 Å². The minimum atomic E-state index is -1.30. The fourth-order valence-corrected chi connectivity index (χ4v) is 3.09. The van der Waals surface area contributed by atoms with Gasteiger partial charge < -0.3 is 19.9 Å². The van der Waals surface area contributed by atoms with Crippen LogP contribution in [0.3, 0.4) is 0 Å². The Hall–Kier alpha value is -4.15. The Balaban J connectivity index is 1.92. The van der Waals surface area contributed by atoms with Crippen LogP contribution in [0.25, 0.3) is 0 Å². The van der Waals surface area contributed by atoms with Gasteiger partial charge in [0.05, 0.1) is 29.4 Å². The number of hydrogen-bond acceptors (Lipinski definition) is 7. The van der Waals surface area contributed by atoms with Crippen LogP contribution in [0.4, 0.5) is 17.1 Å². The number of amides is 2. The number of nitrogens with one attached hydrogen (secondary N) is 1. The molecular formula is C20H19N3O8. The third kappa shape index (κ3) is 4.25. The van der Waals surface area contributed by atoms with Crippen molar-refractivity contribution in [2.24, 2.45) is 0 Å². The van der Waals surface area contributed by atoms with E-state index in [0.717, 1.165) is 11.0 Å². The van der Waals surface area contributed by atoms with Crippen molar-refractivity contribution in [2.75, 3.05) is 23.9 Å². The summed E-state index contributed by atoms with van der Waals surface area (Å²) in [5, 5.41) is 23.0. The minimum Gasteiger partial charge on any atom is -0.496 e. The number of carbonyl (C=O) groups is 3. The van der Waals surface area contributed by atoms with Gasteiger partial charge in [0.15, 0.2) is 5.60 Å². The Morgan fingerprint density at radius 1 is 1.26 bits per heavy atom. The van der Waals surface area contributed by atoms with E-state index in [1.807, 2.05) is 0 Å². The van der Waals surface area contributed by atoms with E-state index in [1.54, 1.807) is 0 Å². The molecule has 0 fully saturated rings. The molecule has 11 nitrogen and oxygen atoms in total. The lowest BCUT2D eigenvalue weighted by atomic mass is 10.0. The van der Waals surface area contributed by atoms with Crippen LogP contribution in [0, 0.1) is 10.1 Å². The molecule has 162 valence electrons. The molecule has 2 aromatic rings. The number of carboxylic acid groups (broad SMARTS) is 1. The molecule has 0 bridgehead atoms. The van der Waals surface area contributed by atoms with Crippen molar-refractivity contribution < 1.29 is 33.9 Å². The van der Waals surface area contributed by atoms with Crippen molar-refractivity contribution in [2.45, 2.75) is 19.4 Å². The van der Waals surface area contributed by atoms with Gasteiger partial charge in [0.25, 0.3) is 11.6 Å². The van der Waals surface area contributed by atoms with Gasteiger partial charge in [-0.05, 0) is 44.2 Å². The molecule has 1 aliphatic rings. The standard InChI is InChI=1S/C20H19N3O8/c1-20(2)19(27)22(15-8-11(18(25)26)4-7-16(15)31-20)10-17(24)21-13-6-5-12(30-3)9-14(13)23(28)29/h4-9H,10H2,1-3H3,(H,21,24)(H,25,26). The van der Waals surface area contributed by atoms with E-state index in [0.29, 0.717) is 0 Å². The van der Waals surface area contributed by atoms with Crippen LogP contribution in [0.15, 0.2) is 36.4 Å². The fraction of sp³-hybridized carbons (Fsp3) is 0.250. The molecule has 0 saturated carbocycles. The highest BCUT2D eigenvalue weighted by molar-refractivity contribution is 6.08. The maximum atomic E-state index is 12.9. The number of nitro groups is 1. The van der Waals surface area contributed by atoms with Gasteiger partial charge in [0.2, 0.25) is 5.91 Å². The summed E-state index contributed by atoms with van der Waals surface area (Å²) < 4.78 is 10.6. The van der Waals surface area contributed by atoms with Crippen molar-refractivity contribution >= 4 is 34.8 Å². The number of nitro benzene ring substituents is 1. The highest BCUT2D eigenvalue weighted by atomic mass is 16.6. The van der Waals surface area contributed by atoms with Crippen molar-refractivity contribution in [1.29, 1.82) is 0 Å². The molecule has 11 heteroatoms. The van der Waals surface area contributed by atoms with Crippen LogP contribution >= 0.6 is 0 Å². The van der Waals surface area contributed by atoms with Crippen molar-refractivity contribution in [3.05, 3.63) is 52.1 Å². The molecule has 2 aromatic carbocycles. The number of methoxy groups -OCH3 is 1. The van der Waals surface area contributed by atoms with Gasteiger partial charge in [-0.1, -0.05) is 0 Å². The van der Waals surface area contributed by atoms with Gasteiger partial charge in [-0.3, -0.25) is 24.6 Å². The Kier molecular flexibility index (Phi) is 5.52. The first-order chi connectivity index (χ1) is 14.5. The number of fused-ring (bicyclic) bond motifs is 1. The second-order valence-electron chi connectivity index (χ2n) is 7.18. The topological polar surface area (TPSA) is 148 Å². The van der Waals surface area contributed by atoms with Crippen LogP contribution in [-0.4, -0.2) is 47.1 Å². The molecule has 0 unspecified atom stereocenters. The number of anilines is 2. The lowest BCUT2D eigenvalue weighted by molar-refractivity contribution is -0.384. The van der Waals surface area contributed by atoms with Gasteiger partial charge in [0, 0.05) is 0 Å². The summed E-state index contributed by atoms with van der Waals surface area (Å²) >= 11 is 0. The fourth-order valence-electron chi connectivity index (χ4n) is 3.09. The van der Waals surface area contributed by atoms with Crippen LogP contribution < -0.4 is 19.7 Å². The maximum absolute atomic E-state index is 12.9. The number of benzene rings is 2. The maximum Gasteiger partial charge on any atom is 0.335 e. The lowest BCUT2D eigenvalue weighted by Crippen LogP contribution is -2.54. The summed E-state index contributed by atoms with van der Waals surface area (Å²) in [7, 11) is 1.35. The quantitative estimate of drug-likeness (QED) is 0.525. The first-order valence-corrected chi connectivity index (χ1v) is 9.04. The summed E-state index contributed by atoms with van der Waals surface area (Å²) in [4.78, 5) is 48.6. The van der Waals surface area contributed by atoms with Crippen LogP contribution in [0.5, 0.6) is 11.5 Å². The number of aromatic carboxylic acids is 1.